The molecule has 1 aliphatic rings. The van der Waals surface area contributed by atoms with E-state index >= 15 is 0 Å². The molecule has 1 N–H and O–H groups in total. The Bertz CT molecular complexity index is 746. The first-order chi connectivity index (χ1) is 12.0. The average molecular weight is 342 g/mol. The van der Waals surface area contributed by atoms with Gasteiger partial charge in [0.1, 0.15) is 0 Å². The number of benzene rings is 1. The van der Waals surface area contributed by atoms with E-state index in [0.717, 1.165) is 5.56 Å². The number of hydrogen-bond acceptors (Lipinski definition) is 5. The number of carbonyl (C=O) groups is 2. The molecule has 0 unspecified atom stereocenters. The maximum Gasteiger partial charge on any atom is 0.253 e. The molecule has 0 aliphatic carbocycles. The molecule has 132 valence electrons. The van der Waals surface area contributed by atoms with Crippen LogP contribution in [0.2, 0.25) is 0 Å². The quantitative estimate of drug-likeness (QED) is 0.916. The fourth-order valence-electron chi connectivity index (χ4n) is 2.94. The van der Waals surface area contributed by atoms with Crippen molar-refractivity contribution in [1.82, 2.24) is 20.4 Å². The number of amides is 2. The molecule has 1 fully saturated rings. The van der Waals surface area contributed by atoms with Crippen molar-refractivity contribution in [2.75, 3.05) is 13.1 Å². The van der Waals surface area contributed by atoms with Crippen molar-refractivity contribution in [3.63, 3.8) is 0 Å². The van der Waals surface area contributed by atoms with E-state index < -0.39 is 0 Å². The van der Waals surface area contributed by atoms with Crippen LogP contribution in [0.4, 0.5) is 0 Å². The number of carbonyl (C=O) groups excluding carboxylic acids is 2. The minimum atomic E-state index is -0.0916. The van der Waals surface area contributed by atoms with Gasteiger partial charge in [-0.3, -0.25) is 9.59 Å². The molecule has 0 spiro atoms. The number of hydrogen-bond donors (Lipinski definition) is 1. The summed E-state index contributed by atoms with van der Waals surface area (Å²) in [6, 6.07) is 7.57. The van der Waals surface area contributed by atoms with E-state index in [1.54, 1.807) is 6.92 Å². The molecule has 3 rings (SSSR count). The van der Waals surface area contributed by atoms with E-state index in [0.29, 0.717) is 43.2 Å². The topological polar surface area (TPSA) is 88.3 Å². The number of aromatic nitrogens is 2. The number of piperidine rings is 1. The number of nitrogens with zero attached hydrogens (tertiary/aromatic N) is 3. The van der Waals surface area contributed by atoms with Crippen LogP contribution in [0.15, 0.2) is 28.8 Å². The molecule has 1 aromatic heterocycles. The lowest BCUT2D eigenvalue weighted by atomic mass is 9.95. The summed E-state index contributed by atoms with van der Waals surface area (Å²) >= 11 is 0. The molecular formula is C18H22N4O3. The van der Waals surface area contributed by atoms with Gasteiger partial charge in [-0.25, -0.2) is 0 Å². The molecule has 2 amide bonds. The zero-order valence-electron chi connectivity index (χ0n) is 14.5. The Morgan fingerprint density at radius 2 is 1.88 bits per heavy atom. The second-order valence-electron chi connectivity index (χ2n) is 6.39. The highest BCUT2D eigenvalue weighted by Gasteiger charge is 2.27. The predicted molar refractivity (Wildman–Crippen MR) is 90.7 cm³/mol. The molecule has 1 saturated heterocycles. The minimum absolute atomic E-state index is 0.0280. The Balaban J connectivity index is 1.48. The first kappa shape index (κ1) is 17.1. The van der Waals surface area contributed by atoms with Gasteiger partial charge in [0.25, 0.3) is 5.91 Å². The first-order valence-corrected chi connectivity index (χ1v) is 8.46. The smallest absolute Gasteiger partial charge is 0.253 e. The molecule has 0 bridgehead atoms. The minimum Gasteiger partial charge on any atom is -0.347 e. The van der Waals surface area contributed by atoms with Crippen LogP contribution in [0.5, 0.6) is 0 Å². The summed E-state index contributed by atoms with van der Waals surface area (Å²) in [6.45, 7) is 5.14. The summed E-state index contributed by atoms with van der Waals surface area (Å²) in [4.78, 5) is 30.6. The predicted octanol–water partition coefficient (Wildman–Crippen LogP) is 1.86. The van der Waals surface area contributed by atoms with Crippen molar-refractivity contribution >= 4 is 11.8 Å². The summed E-state index contributed by atoms with van der Waals surface area (Å²) < 4.78 is 4.98. The van der Waals surface area contributed by atoms with Gasteiger partial charge in [-0.05, 0) is 38.8 Å². The van der Waals surface area contributed by atoms with E-state index in [-0.39, 0.29) is 24.3 Å². The lowest BCUT2D eigenvalue weighted by Crippen LogP contribution is -2.42. The van der Waals surface area contributed by atoms with Gasteiger partial charge in [0.2, 0.25) is 11.8 Å². The summed E-state index contributed by atoms with van der Waals surface area (Å²) in [5, 5.41) is 6.51. The van der Waals surface area contributed by atoms with Crippen molar-refractivity contribution in [1.29, 1.82) is 0 Å². The fourth-order valence-corrected chi connectivity index (χ4v) is 2.94. The van der Waals surface area contributed by atoms with Gasteiger partial charge in [-0.15, -0.1) is 0 Å². The molecular weight excluding hydrogens is 320 g/mol. The Hall–Kier alpha value is -2.70. The Kier molecular flexibility index (Phi) is 5.11. The second kappa shape index (κ2) is 7.46. The van der Waals surface area contributed by atoms with E-state index in [2.05, 4.69) is 15.5 Å². The summed E-state index contributed by atoms with van der Waals surface area (Å²) in [5.41, 5.74) is 1.82. The van der Waals surface area contributed by atoms with E-state index in [4.69, 9.17) is 4.52 Å². The van der Waals surface area contributed by atoms with Crippen LogP contribution in [0.25, 0.3) is 0 Å². The second-order valence-corrected chi connectivity index (χ2v) is 6.39. The molecule has 7 nitrogen and oxygen atoms in total. The zero-order valence-corrected chi connectivity index (χ0v) is 14.5. The molecule has 2 aromatic rings. The Morgan fingerprint density at radius 3 is 2.48 bits per heavy atom. The number of nitrogens with one attached hydrogen (secondary N) is 1. The van der Waals surface area contributed by atoms with Gasteiger partial charge >= 0.3 is 0 Å². The standard InChI is InChI=1S/C18H22N4O3/c1-12-3-5-15(6-4-12)18(24)22-9-7-14(8-10-22)17(23)19-11-16-20-13(2)21-25-16/h3-6,14H,7-11H2,1-2H3,(H,19,23). The van der Waals surface area contributed by atoms with Crippen molar-refractivity contribution in [2.45, 2.75) is 33.2 Å². The Labute approximate surface area is 146 Å². The van der Waals surface area contributed by atoms with Gasteiger partial charge in [0.15, 0.2) is 5.82 Å². The average Bonchev–Trinajstić information content (AvgIpc) is 3.05. The number of likely N-dealkylation sites (tertiary alicyclic amines) is 1. The van der Waals surface area contributed by atoms with Crippen LogP contribution in [0.1, 0.15) is 40.5 Å². The van der Waals surface area contributed by atoms with Crippen molar-refractivity contribution < 1.29 is 14.1 Å². The van der Waals surface area contributed by atoms with Gasteiger partial charge in [-0.1, -0.05) is 22.9 Å². The maximum absolute atomic E-state index is 12.5. The molecule has 0 saturated carbocycles. The van der Waals surface area contributed by atoms with Crippen LogP contribution in [0, 0.1) is 19.8 Å². The van der Waals surface area contributed by atoms with Crippen molar-refractivity contribution in [2.24, 2.45) is 5.92 Å². The van der Waals surface area contributed by atoms with Gasteiger partial charge < -0.3 is 14.7 Å². The molecule has 0 atom stereocenters. The van der Waals surface area contributed by atoms with Crippen LogP contribution in [0.3, 0.4) is 0 Å². The third kappa shape index (κ3) is 4.23. The highest BCUT2D eigenvalue weighted by atomic mass is 16.5. The zero-order chi connectivity index (χ0) is 17.8. The molecule has 0 radical (unpaired) electrons. The summed E-state index contributed by atoms with van der Waals surface area (Å²) in [5.74, 6) is 0.856. The van der Waals surface area contributed by atoms with E-state index in [1.165, 1.54) is 0 Å². The highest BCUT2D eigenvalue weighted by molar-refractivity contribution is 5.94. The molecule has 7 heteroatoms. The molecule has 1 aromatic carbocycles. The first-order valence-electron chi connectivity index (χ1n) is 8.46. The normalized spacial score (nSPS) is 15.2. The van der Waals surface area contributed by atoms with E-state index in [9.17, 15) is 9.59 Å². The maximum atomic E-state index is 12.5. The highest BCUT2D eigenvalue weighted by Crippen LogP contribution is 2.19. The van der Waals surface area contributed by atoms with Crippen molar-refractivity contribution in [3.05, 3.63) is 47.1 Å². The molecule has 2 heterocycles. The van der Waals surface area contributed by atoms with Crippen LogP contribution >= 0.6 is 0 Å². The van der Waals surface area contributed by atoms with Gasteiger partial charge in [0, 0.05) is 24.6 Å². The van der Waals surface area contributed by atoms with Gasteiger partial charge in [0.05, 0.1) is 6.54 Å². The fraction of sp³-hybridized carbons (Fsp3) is 0.444. The largest absolute Gasteiger partial charge is 0.347 e. The summed E-state index contributed by atoms with van der Waals surface area (Å²) in [7, 11) is 0. The van der Waals surface area contributed by atoms with E-state index in [1.807, 2.05) is 36.1 Å². The van der Waals surface area contributed by atoms with Crippen LogP contribution in [-0.2, 0) is 11.3 Å². The number of rotatable bonds is 4. The van der Waals surface area contributed by atoms with Crippen LogP contribution in [-0.4, -0.2) is 39.9 Å². The monoisotopic (exact) mass is 342 g/mol. The lowest BCUT2D eigenvalue weighted by molar-refractivity contribution is -0.126. The molecule has 25 heavy (non-hydrogen) atoms. The van der Waals surface area contributed by atoms with Crippen LogP contribution < -0.4 is 5.32 Å². The SMILES string of the molecule is Cc1ccc(C(=O)N2CCC(C(=O)NCc3nc(C)no3)CC2)cc1. The third-order valence-electron chi connectivity index (χ3n) is 4.43. The number of aryl methyl sites for hydroxylation is 2. The van der Waals surface area contributed by atoms with Crippen molar-refractivity contribution in [3.8, 4) is 0 Å². The van der Waals surface area contributed by atoms with Gasteiger partial charge in [-0.2, -0.15) is 4.98 Å². The lowest BCUT2D eigenvalue weighted by Gasteiger charge is -2.31. The summed E-state index contributed by atoms with van der Waals surface area (Å²) in [6.07, 6.45) is 1.32. The third-order valence-corrected chi connectivity index (χ3v) is 4.43. The molecule has 1 aliphatic heterocycles. The Morgan fingerprint density at radius 1 is 1.20 bits per heavy atom.